The Labute approximate surface area is 163 Å². The summed E-state index contributed by atoms with van der Waals surface area (Å²) >= 11 is 0. The highest BCUT2D eigenvalue weighted by Crippen LogP contribution is 2.34. The third-order valence-corrected chi connectivity index (χ3v) is 5.16. The molecule has 1 aromatic carbocycles. The van der Waals surface area contributed by atoms with E-state index in [1.807, 2.05) is 0 Å². The highest BCUT2D eigenvalue weighted by atomic mass is 19.4. The van der Waals surface area contributed by atoms with Gasteiger partial charge in [-0.05, 0) is 31.5 Å². The summed E-state index contributed by atoms with van der Waals surface area (Å²) in [5.74, 6) is -0.268. The van der Waals surface area contributed by atoms with Crippen molar-refractivity contribution in [3.63, 3.8) is 0 Å². The van der Waals surface area contributed by atoms with Gasteiger partial charge >= 0.3 is 6.18 Å². The Kier molecular flexibility index (Phi) is 4.77. The molecule has 4 rings (SSSR count). The van der Waals surface area contributed by atoms with Crippen molar-refractivity contribution in [2.24, 2.45) is 5.92 Å². The first-order valence-corrected chi connectivity index (χ1v) is 9.12. The van der Waals surface area contributed by atoms with Crippen molar-refractivity contribution in [1.29, 1.82) is 0 Å². The van der Waals surface area contributed by atoms with E-state index in [0.29, 0.717) is 30.6 Å². The maximum atomic E-state index is 13.1. The van der Waals surface area contributed by atoms with Crippen LogP contribution in [0.15, 0.2) is 34.9 Å². The lowest BCUT2D eigenvalue weighted by Gasteiger charge is -2.17. The zero-order valence-electron chi connectivity index (χ0n) is 15.5. The van der Waals surface area contributed by atoms with Gasteiger partial charge in [-0.3, -0.25) is 4.79 Å². The second kappa shape index (κ2) is 7.14. The number of fused-ring (bicyclic) bond motifs is 1. The van der Waals surface area contributed by atoms with Gasteiger partial charge in [-0.1, -0.05) is 17.3 Å². The highest BCUT2D eigenvalue weighted by Gasteiger charge is 2.32. The number of rotatable bonds is 3. The van der Waals surface area contributed by atoms with Gasteiger partial charge in [0.05, 0.1) is 27.9 Å². The number of aromatic nitrogens is 2. The number of aliphatic hydroxyl groups excluding tert-OH is 1. The molecule has 0 bridgehead atoms. The zero-order valence-corrected chi connectivity index (χ0v) is 15.5. The van der Waals surface area contributed by atoms with E-state index in [1.165, 1.54) is 18.2 Å². The van der Waals surface area contributed by atoms with Gasteiger partial charge in [0, 0.05) is 31.2 Å². The molecule has 0 aliphatic carbocycles. The Morgan fingerprint density at radius 3 is 2.83 bits per heavy atom. The molecule has 1 atom stereocenters. The van der Waals surface area contributed by atoms with Crippen molar-refractivity contribution in [2.75, 3.05) is 19.7 Å². The summed E-state index contributed by atoms with van der Waals surface area (Å²) in [5.41, 5.74) is 0.465. The Hall–Kier alpha value is -2.94. The SMILES string of the molecule is Cc1noc2nc(-c3cccc(C(F)(F)F)c3)cc(C(=O)N3CC[C@H](CO)C3)c12. The maximum Gasteiger partial charge on any atom is 0.416 e. The van der Waals surface area contributed by atoms with E-state index >= 15 is 0 Å². The maximum absolute atomic E-state index is 13.1. The fourth-order valence-corrected chi connectivity index (χ4v) is 3.60. The molecular formula is C20H18F3N3O3. The topological polar surface area (TPSA) is 79.5 Å². The number of carbonyl (C=O) groups excluding carboxylic acids is 1. The second-order valence-electron chi connectivity index (χ2n) is 7.17. The van der Waals surface area contributed by atoms with Gasteiger partial charge in [-0.2, -0.15) is 13.2 Å². The predicted molar refractivity (Wildman–Crippen MR) is 98.1 cm³/mol. The van der Waals surface area contributed by atoms with Gasteiger partial charge in [-0.15, -0.1) is 0 Å². The lowest BCUT2D eigenvalue weighted by Crippen LogP contribution is -2.29. The average Bonchev–Trinajstić information content (AvgIpc) is 3.33. The minimum Gasteiger partial charge on any atom is -0.396 e. The summed E-state index contributed by atoms with van der Waals surface area (Å²) in [6.45, 7) is 2.59. The van der Waals surface area contributed by atoms with Crippen molar-refractivity contribution >= 4 is 17.0 Å². The van der Waals surface area contributed by atoms with Gasteiger partial charge in [-0.25, -0.2) is 4.98 Å². The number of likely N-dealkylation sites (tertiary alicyclic amines) is 1. The molecule has 0 radical (unpaired) electrons. The van der Waals surface area contributed by atoms with Crippen molar-refractivity contribution in [1.82, 2.24) is 15.0 Å². The first-order valence-electron chi connectivity index (χ1n) is 9.12. The van der Waals surface area contributed by atoms with E-state index < -0.39 is 11.7 Å². The number of nitrogens with zero attached hydrogens (tertiary/aromatic N) is 3. The van der Waals surface area contributed by atoms with E-state index in [9.17, 15) is 23.1 Å². The Morgan fingerprint density at radius 2 is 2.14 bits per heavy atom. The van der Waals surface area contributed by atoms with E-state index in [0.717, 1.165) is 12.1 Å². The lowest BCUT2D eigenvalue weighted by atomic mass is 10.0. The minimum absolute atomic E-state index is 0.00266. The third-order valence-electron chi connectivity index (χ3n) is 5.16. The molecule has 0 spiro atoms. The second-order valence-corrected chi connectivity index (χ2v) is 7.17. The monoisotopic (exact) mass is 405 g/mol. The van der Waals surface area contributed by atoms with Crippen LogP contribution in [0.1, 0.15) is 28.0 Å². The quantitative estimate of drug-likeness (QED) is 0.719. The normalized spacial score (nSPS) is 17.3. The van der Waals surface area contributed by atoms with Crippen LogP contribution in [0.5, 0.6) is 0 Å². The van der Waals surface area contributed by atoms with Crippen LogP contribution in [0.25, 0.3) is 22.4 Å². The molecule has 3 aromatic rings. The fourth-order valence-electron chi connectivity index (χ4n) is 3.60. The molecule has 0 unspecified atom stereocenters. The van der Waals surface area contributed by atoms with Crippen LogP contribution in [0.4, 0.5) is 13.2 Å². The molecule has 0 saturated carbocycles. The third kappa shape index (κ3) is 3.57. The van der Waals surface area contributed by atoms with Crippen molar-refractivity contribution in [2.45, 2.75) is 19.5 Å². The Morgan fingerprint density at radius 1 is 1.34 bits per heavy atom. The fraction of sp³-hybridized carbons (Fsp3) is 0.350. The zero-order chi connectivity index (χ0) is 20.8. The number of amides is 1. The summed E-state index contributed by atoms with van der Waals surface area (Å²) in [5, 5.41) is 13.6. The van der Waals surface area contributed by atoms with Crippen LogP contribution < -0.4 is 0 Å². The van der Waals surface area contributed by atoms with Crippen LogP contribution in [-0.4, -0.2) is 45.8 Å². The van der Waals surface area contributed by atoms with E-state index in [2.05, 4.69) is 10.1 Å². The molecule has 9 heteroatoms. The standard InChI is InChI=1S/C20H18F3N3O3/c1-11-17-15(19(28)26-6-5-12(9-26)10-27)8-16(24-18(17)29-25-11)13-3-2-4-14(7-13)20(21,22)23/h2-4,7-8,12,27H,5-6,9-10H2,1H3/t12-/m0/s1. The number of hydrogen-bond donors (Lipinski definition) is 1. The summed E-state index contributed by atoms with van der Waals surface area (Å²) < 4.78 is 44.5. The van der Waals surface area contributed by atoms with Gasteiger partial charge in [0.15, 0.2) is 0 Å². The first-order chi connectivity index (χ1) is 13.8. The number of halogens is 3. The van der Waals surface area contributed by atoms with Crippen molar-refractivity contribution in [3.8, 4) is 11.3 Å². The van der Waals surface area contributed by atoms with Crippen molar-refractivity contribution < 1.29 is 27.6 Å². The predicted octanol–water partition coefficient (Wildman–Crippen LogP) is 3.67. The van der Waals surface area contributed by atoms with Gasteiger partial charge in [0.1, 0.15) is 0 Å². The Bertz CT molecular complexity index is 1080. The first kappa shape index (κ1) is 19.4. The summed E-state index contributed by atoms with van der Waals surface area (Å²) in [7, 11) is 0. The lowest BCUT2D eigenvalue weighted by molar-refractivity contribution is -0.137. The number of pyridine rings is 1. The van der Waals surface area contributed by atoms with E-state index in [-0.39, 0.29) is 41.0 Å². The number of aryl methyl sites for hydroxylation is 1. The number of carbonyl (C=O) groups is 1. The molecule has 1 aliphatic heterocycles. The summed E-state index contributed by atoms with van der Waals surface area (Å²) in [4.78, 5) is 19.1. The van der Waals surface area contributed by atoms with E-state index in [1.54, 1.807) is 11.8 Å². The van der Waals surface area contributed by atoms with Crippen LogP contribution in [0.3, 0.4) is 0 Å². The van der Waals surface area contributed by atoms with Crippen molar-refractivity contribution in [3.05, 3.63) is 47.2 Å². The molecule has 152 valence electrons. The van der Waals surface area contributed by atoms with Crippen LogP contribution in [-0.2, 0) is 6.18 Å². The molecular weight excluding hydrogens is 387 g/mol. The summed E-state index contributed by atoms with van der Waals surface area (Å²) in [6.07, 6.45) is -3.80. The molecule has 1 fully saturated rings. The van der Waals surface area contributed by atoms with Gasteiger partial charge in [0.25, 0.3) is 11.6 Å². The molecule has 1 saturated heterocycles. The number of benzene rings is 1. The average molecular weight is 405 g/mol. The molecule has 1 aliphatic rings. The molecule has 3 heterocycles. The highest BCUT2D eigenvalue weighted by molar-refractivity contribution is 6.07. The molecule has 1 N–H and O–H groups in total. The number of alkyl halides is 3. The number of hydrogen-bond acceptors (Lipinski definition) is 5. The molecule has 6 nitrogen and oxygen atoms in total. The molecule has 1 amide bonds. The largest absolute Gasteiger partial charge is 0.416 e. The molecule has 29 heavy (non-hydrogen) atoms. The molecule has 2 aromatic heterocycles. The van der Waals surface area contributed by atoms with Gasteiger partial charge in [0.2, 0.25) is 0 Å². The van der Waals surface area contributed by atoms with Crippen LogP contribution in [0.2, 0.25) is 0 Å². The van der Waals surface area contributed by atoms with Crippen LogP contribution >= 0.6 is 0 Å². The van der Waals surface area contributed by atoms with E-state index in [4.69, 9.17) is 4.52 Å². The minimum atomic E-state index is -4.49. The Balaban J connectivity index is 1.81. The van der Waals surface area contributed by atoms with Crippen LogP contribution in [0, 0.1) is 12.8 Å². The number of aliphatic hydroxyl groups is 1. The smallest absolute Gasteiger partial charge is 0.396 e. The summed E-state index contributed by atoms with van der Waals surface area (Å²) in [6, 6.07) is 6.24. The van der Waals surface area contributed by atoms with Gasteiger partial charge < -0.3 is 14.5 Å².